The van der Waals surface area contributed by atoms with Crippen LogP contribution in [0, 0.1) is 11.3 Å². The van der Waals surface area contributed by atoms with Crippen molar-refractivity contribution < 1.29 is 8.42 Å². The standard InChI is InChI=1S/C23H25N3O2S/c1-2-3-4-7-14-26-17-18(22-8-5-6-9-23(22)26)15-21(16-24)29(27,28)20-12-10-19(25)11-13-20/h5-6,8-13,15,17H,2-4,7,14,25H2,1H3/b21-15+. The van der Waals surface area contributed by atoms with Crippen LogP contribution in [0.15, 0.2) is 64.5 Å². The van der Waals surface area contributed by atoms with E-state index in [-0.39, 0.29) is 9.80 Å². The van der Waals surface area contributed by atoms with Gasteiger partial charge in [-0.1, -0.05) is 44.4 Å². The van der Waals surface area contributed by atoms with Gasteiger partial charge in [0, 0.05) is 34.9 Å². The van der Waals surface area contributed by atoms with Crippen molar-refractivity contribution in [3.63, 3.8) is 0 Å². The molecule has 0 aliphatic carbocycles. The largest absolute Gasteiger partial charge is 0.399 e. The molecule has 0 aliphatic rings. The number of hydrogen-bond donors (Lipinski definition) is 1. The molecule has 0 atom stereocenters. The number of anilines is 1. The summed E-state index contributed by atoms with van der Waals surface area (Å²) in [7, 11) is -3.91. The highest BCUT2D eigenvalue weighted by atomic mass is 32.2. The Morgan fingerprint density at radius 2 is 1.83 bits per heavy atom. The lowest BCUT2D eigenvalue weighted by molar-refractivity contribution is 0.593. The fourth-order valence-electron chi connectivity index (χ4n) is 3.37. The van der Waals surface area contributed by atoms with Gasteiger partial charge in [0.05, 0.1) is 4.90 Å². The molecular formula is C23H25N3O2S. The van der Waals surface area contributed by atoms with Crippen LogP contribution in [0.2, 0.25) is 0 Å². The van der Waals surface area contributed by atoms with Crippen molar-refractivity contribution in [1.29, 1.82) is 5.26 Å². The number of unbranched alkanes of at least 4 members (excludes halogenated alkanes) is 3. The number of rotatable bonds is 8. The average Bonchev–Trinajstić information content (AvgIpc) is 3.07. The Morgan fingerprint density at radius 1 is 1.10 bits per heavy atom. The predicted octanol–water partition coefficient (Wildman–Crippen LogP) is 5.14. The summed E-state index contributed by atoms with van der Waals surface area (Å²) in [5.41, 5.74) is 7.89. The molecule has 0 saturated carbocycles. The summed E-state index contributed by atoms with van der Waals surface area (Å²) < 4.78 is 28.0. The molecule has 1 aromatic heterocycles. The van der Waals surface area contributed by atoms with Crippen LogP contribution in [-0.4, -0.2) is 13.0 Å². The van der Waals surface area contributed by atoms with Crippen LogP contribution in [0.4, 0.5) is 5.69 Å². The van der Waals surface area contributed by atoms with E-state index in [4.69, 9.17) is 5.73 Å². The highest BCUT2D eigenvalue weighted by Gasteiger charge is 2.21. The van der Waals surface area contributed by atoms with Crippen molar-refractivity contribution in [2.75, 3.05) is 5.73 Å². The van der Waals surface area contributed by atoms with E-state index in [0.717, 1.165) is 35.9 Å². The zero-order chi connectivity index (χ0) is 20.9. The van der Waals surface area contributed by atoms with Crippen LogP contribution in [0.5, 0.6) is 0 Å². The molecule has 1 heterocycles. The highest BCUT2D eigenvalue weighted by Crippen LogP contribution is 2.27. The number of nitrogens with two attached hydrogens (primary N) is 1. The number of sulfone groups is 1. The normalized spacial score (nSPS) is 12.2. The van der Waals surface area contributed by atoms with Gasteiger partial charge in [-0.2, -0.15) is 5.26 Å². The van der Waals surface area contributed by atoms with Crippen LogP contribution >= 0.6 is 0 Å². The zero-order valence-electron chi connectivity index (χ0n) is 16.5. The first-order valence-corrected chi connectivity index (χ1v) is 11.3. The van der Waals surface area contributed by atoms with Crippen molar-refractivity contribution >= 4 is 32.5 Å². The molecule has 2 aromatic carbocycles. The molecule has 0 fully saturated rings. The van der Waals surface area contributed by atoms with E-state index in [1.165, 1.54) is 43.2 Å². The molecule has 6 heteroatoms. The van der Waals surface area contributed by atoms with Gasteiger partial charge >= 0.3 is 0 Å². The van der Waals surface area contributed by atoms with Crippen molar-refractivity contribution in [3.8, 4) is 6.07 Å². The quantitative estimate of drug-likeness (QED) is 0.318. The number of nitrogens with zero attached hydrogens (tertiary/aromatic N) is 2. The third kappa shape index (κ3) is 4.52. The van der Waals surface area contributed by atoms with Crippen molar-refractivity contribution in [2.45, 2.75) is 44.0 Å². The number of allylic oxidation sites excluding steroid dienone is 1. The molecule has 5 nitrogen and oxygen atoms in total. The predicted molar refractivity (Wildman–Crippen MR) is 118 cm³/mol. The smallest absolute Gasteiger partial charge is 0.216 e. The van der Waals surface area contributed by atoms with E-state index in [2.05, 4.69) is 11.5 Å². The second-order valence-corrected chi connectivity index (χ2v) is 8.97. The first kappa shape index (κ1) is 20.7. The van der Waals surface area contributed by atoms with Gasteiger partial charge in [-0.05, 0) is 42.8 Å². The van der Waals surface area contributed by atoms with E-state index in [1.54, 1.807) is 0 Å². The summed E-state index contributed by atoms with van der Waals surface area (Å²) in [6.45, 7) is 3.04. The van der Waals surface area contributed by atoms with Crippen molar-refractivity contribution in [2.24, 2.45) is 0 Å². The summed E-state index contributed by atoms with van der Waals surface area (Å²) in [5, 5.41) is 10.5. The number of nitrogen functional groups attached to an aromatic ring is 1. The van der Waals surface area contributed by atoms with Gasteiger partial charge in [0.1, 0.15) is 11.0 Å². The fraction of sp³-hybridized carbons (Fsp3) is 0.261. The molecule has 2 N–H and O–H groups in total. The number of benzene rings is 2. The molecule has 0 aliphatic heterocycles. The fourth-order valence-corrected chi connectivity index (χ4v) is 4.52. The van der Waals surface area contributed by atoms with E-state index >= 15 is 0 Å². The topological polar surface area (TPSA) is 88.9 Å². The molecule has 3 rings (SSSR count). The minimum atomic E-state index is -3.91. The Morgan fingerprint density at radius 3 is 2.52 bits per heavy atom. The van der Waals surface area contributed by atoms with Crippen LogP contribution in [-0.2, 0) is 16.4 Å². The van der Waals surface area contributed by atoms with Gasteiger partial charge < -0.3 is 10.3 Å². The molecule has 150 valence electrons. The molecule has 0 bridgehead atoms. The number of hydrogen-bond acceptors (Lipinski definition) is 4. The number of para-hydroxylation sites is 1. The summed E-state index contributed by atoms with van der Waals surface area (Å²) in [6.07, 6.45) is 8.00. The Labute approximate surface area is 172 Å². The summed E-state index contributed by atoms with van der Waals surface area (Å²) >= 11 is 0. The Hall–Kier alpha value is -3.04. The Balaban J connectivity index is 2.01. The third-order valence-electron chi connectivity index (χ3n) is 4.95. The van der Waals surface area contributed by atoms with Gasteiger partial charge in [0.25, 0.3) is 0 Å². The van der Waals surface area contributed by atoms with E-state index < -0.39 is 9.84 Å². The highest BCUT2D eigenvalue weighted by molar-refractivity contribution is 7.95. The van der Waals surface area contributed by atoms with Crippen LogP contribution in [0.3, 0.4) is 0 Å². The maximum Gasteiger partial charge on any atom is 0.216 e. The van der Waals surface area contributed by atoms with Gasteiger partial charge in [0.2, 0.25) is 9.84 Å². The van der Waals surface area contributed by atoms with E-state index in [0.29, 0.717) is 5.69 Å². The van der Waals surface area contributed by atoms with Crippen LogP contribution < -0.4 is 5.73 Å². The molecule has 0 saturated heterocycles. The summed E-state index contributed by atoms with van der Waals surface area (Å²) in [5.74, 6) is 0. The first-order chi connectivity index (χ1) is 14.0. The molecule has 3 aromatic rings. The summed E-state index contributed by atoms with van der Waals surface area (Å²) in [4.78, 5) is -0.223. The number of nitriles is 1. The maximum absolute atomic E-state index is 12.9. The van der Waals surface area contributed by atoms with Crippen molar-refractivity contribution in [1.82, 2.24) is 4.57 Å². The lowest BCUT2D eigenvalue weighted by atomic mass is 10.1. The zero-order valence-corrected chi connectivity index (χ0v) is 17.3. The van der Waals surface area contributed by atoms with Crippen molar-refractivity contribution in [3.05, 3.63) is 65.2 Å². The number of aryl methyl sites for hydroxylation is 1. The lowest BCUT2D eigenvalue weighted by Crippen LogP contribution is -2.03. The minimum Gasteiger partial charge on any atom is -0.399 e. The van der Waals surface area contributed by atoms with Gasteiger partial charge in [-0.15, -0.1) is 0 Å². The van der Waals surface area contributed by atoms with E-state index in [9.17, 15) is 13.7 Å². The SMILES string of the molecule is CCCCCCn1cc(/C=C(\C#N)S(=O)(=O)c2ccc(N)cc2)c2ccccc21. The molecule has 0 unspecified atom stereocenters. The molecule has 29 heavy (non-hydrogen) atoms. The number of fused-ring (bicyclic) bond motifs is 1. The van der Waals surface area contributed by atoms with Gasteiger partial charge in [0.15, 0.2) is 0 Å². The van der Waals surface area contributed by atoms with Gasteiger partial charge in [-0.3, -0.25) is 0 Å². The molecular weight excluding hydrogens is 382 g/mol. The molecule has 0 amide bonds. The Bertz CT molecular complexity index is 1170. The third-order valence-corrected chi connectivity index (χ3v) is 6.63. The average molecular weight is 408 g/mol. The minimum absolute atomic E-state index is 0.0582. The maximum atomic E-state index is 12.9. The lowest BCUT2D eigenvalue weighted by Gasteiger charge is -2.04. The second-order valence-electron chi connectivity index (χ2n) is 7.05. The second kappa shape index (κ2) is 8.97. The molecule has 0 spiro atoms. The van der Waals surface area contributed by atoms with Crippen LogP contribution in [0.1, 0.15) is 38.2 Å². The Kier molecular flexibility index (Phi) is 6.40. The molecule has 0 radical (unpaired) electrons. The van der Waals surface area contributed by atoms with Gasteiger partial charge in [-0.25, -0.2) is 8.42 Å². The number of aromatic nitrogens is 1. The van der Waals surface area contributed by atoms with E-state index in [1.807, 2.05) is 36.5 Å². The first-order valence-electron chi connectivity index (χ1n) is 9.77. The monoisotopic (exact) mass is 407 g/mol. The van der Waals surface area contributed by atoms with Crippen LogP contribution in [0.25, 0.3) is 17.0 Å². The summed E-state index contributed by atoms with van der Waals surface area (Å²) in [6, 6.07) is 15.6.